The predicted molar refractivity (Wildman–Crippen MR) is 152 cm³/mol. The molecule has 216 valence electrons. The van der Waals surface area contributed by atoms with Crippen molar-refractivity contribution in [1.82, 2.24) is 15.2 Å². The van der Waals surface area contributed by atoms with Crippen LogP contribution in [-0.2, 0) is 20.9 Å². The summed E-state index contributed by atoms with van der Waals surface area (Å²) >= 11 is 6.76. The lowest BCUT2D eigenvalue weighted by molar-refractivity contribution is -0.156. The molecule has 0 bridgehead atoms. The second-order valence-corrected chi connectivity index (χ2v) is 12.8. The molecule has 9 heteroatoms. The summed E-state index contributed by atoms with van der Waals surface area (Å²) in [5.74, 6) is -0.696. The van der Waals surface area contributed by atoms with Gasteiger partial charge < -0.3 is 24.8 Å². The summed E-state index contributed by atoms with van der Waals surface area (Å²) in [6.45, 7) is 7.00. The van der Waals surface area contributed by atoms with Gasteiger partial charge in [-0.05, 0) is 60.3 Å². The van der Waals surface area contributed by atoms with Crippen LogP contribution in [0.5, 0.6) is 5.88 Å². The maximum Gasteiger partial charge on any atom is 0.326 e. The van der Waals surface area contributed by atoms with Crippen molar-refractivity contribution in [3.05, 3.63) is 58.2 Å². The molecule has 1 saturated carbocycles. The van der Waals surface area contributed by atoms with E-state index in [0.717, 1.165) is 30.4 Å². The second kappa shape index (κ2) is 11.7. The summed E-state index contributed by atoms with van der Waals surface area (Å²) in [4.78, 5) is 33.2. The van der Waals surface area contributed by atoms with Crippen molar-refractivity contribution < 1.29 is 24.2 Å². The smallest absolute Gasteiger partial charge is 0.326 e. The van der Waals surface area contributed by atoms with Crippen molar-refractivity contribution in [2.75, 3.05) is 13.7 Å². The lowest BCUT2D eigenvalue weighted by Gasteiger charge is -2.35. The maximum atomic E-state index is 14.0. The highest BCUT2D eigenvalue weighted by molar-refractivity contribution is 6.31. The van der Waals surface area contributed by atoms with Crippen LogP contribution in [0.2, 0.25) is 5.02 Å². The fraction of sp³-hybridized carbons (Fsp3) is 0.581. The third kappa shape index (κ3) is 5.46. The van der Waals surface area contributed by atoms with Crippen LogP contribution in [0.3, 0.4) is 0 Å². The number of pyridine rings is 1. The van der Waals surface area contributed by atoms with E-state index in [-0.39, 0.29) is 5.91 Å². The predicted octanol–water partition coefficient (Wildman–Crippen LogP) is 5.35. The molecule has 2 N–H and O–H groups in total. The normalized spacial score (nSPS) is 27.0. The van der Waals surface area contributed by atoms with Gasteiger partial charge in [-0.2, -0.15) is 0 Å². The van der Waals surface area contributed by atoms with E-state index < -0.39 is 41.5 Å². The van der Waals surface area contributed by atoms with E-state index in [9.17, 15) is 14.7 Å². The number of likely N-dealkylation sites (tertiary alicyclic amines) is 1. The second-order valence-electron chi connectivity index (χ2n) is 12.4. The first-order valence-electron chi connectivity index (χ1n) is 14.3. The van der Waals surface area contributed by atoms with Gasteiger partial charge in [0.05, 0.1) is 13.2 Å². The van der Waals surface area contributed by atoms with Crippen LogP contribution in [0.4, 0.5) is 0 Å². The Morgan fingerprint density at radius 3 is 2.52 bits per heavy atom. The molecule has 1 aromatic carbocycles. The SMILES string of the molecule is COc1ncc(C2CCC2)cc1CN[C@H]1[C@H](C(C)(C)C)[C@@H](C(=O)O)N(C(=O)[C@@H]2CCCO2)[C@H]1c1ccccc1Cl. The average Bonchev–Trinajstić information content (AvgIpc) is 3.53. The van der Waals surface area contributed by atoms with Crippen LogP contribution in [-0.4, -0.2) is 58.8 Å². The zero-order valence-corrected chi connectivity index (χ0v) is 24.5. The zero-order chi connectivity index (χ0) is 28.6. The Kier molecular flexibility index (Phi) is 8.41. The highest BCUT2D eigenvalue weighted by atomic mass is 35.5. The minimum Gasteiger partial charge on any atom is -0.481 e. The number of nitrogens with zero attached hydrogens (tertiary/aromatic N) is 2. The Bertz CT molecular complexity index is 1240. The van der Waals surface area contributed by atoms with Gasteiger partial charge in [-0.3, -0.25) is 4.79 Å². The summed E-state index contributed by atoms with van der Waals surface area (Å²) < 4.78 is 11.4. The highest BCUT2D eigenvalue weighted by Gasteiger charge is 2.59. The fourth-order valence-electron chi connectivity index (χ4n) is 6.73. The third-order valence-electron chi connectivity index (χ3n) is 8.85. The summed E-state index contributed by atoms with van der Waals surface area (Å²) in [6, 6.07) is 7.47. The van der Waals surface area contributed by atoms with Gasteiger partial charge in [-0.1, -0.05) is 57.0 Å². The number of carboxylic acid groups (broad SMARTS) is 1. The molecule has 2 saturated heterocycles. The molecule has 5 rings (SSSR count). The van der Waals surface area contributed by atoms with Gasteiger partial charge in [0.1, 0.15) is 12.1 Å². The van der Waals surface area contributed by atoms with Gasteiger partial charge >= 0.3 is 5.97 Å². The number of rotatable bonds is 8. The largest absolute Gasteiger partial charge is 0.481 e. The monoisotopic (exact) mass is 569 g/mol. The van der Waals surface area contributed by atoms with Crippen molar-refractivity contribution in [3.63, 3.8) is 0 Å². The van der Waals surface area contributed by atoms with E-state index in [4.69, 9.17) is 21.1 Å². The topological polar surface area (TPSA) is 101 Å². The first kappa shape index (κ1) is 28.8. The average molecular weight is 570 g/mol. The number of carbonyl (C=O) groups is 2. The Morgan fingerprint density at radius 2 is 1.95 bits per heavy atom. The van der Waals surface area contributed by atoms with E-state index in [2.05, 4.69) is 16.4 Å². The molecule has 3 heterocycles. The summed E-state index contributed by atoms with van der Waals surface area (Å²) in [6.07, 6.45) is 6.13. The molecule has 0 radical (unpaired) electrons. The molecule has 3 fully saturated rings. The minimum atomic E-state index is -1.06. The van der Waals surface area contributed by atoms with Gasteiger partial charge in [0, 0.05) is 41.9 Å². The molecule has 3 aliphatic rings. The number of amides is 1. The van der Waals surface area contributed by atoms with Crippen molar-refractivity contribution >= 4 is 23.5 Å². The quantitative estimate of drug-likeness (QED) is 0.442. The van der Waals surface area contributed by atoms with Gasteiger partial charge in [0.2, 0.25) is 5.88 Å². The van der Waals surface area contributed by atoms with Gasteiger partial charge in [0.25, 0.3) is 5.91 Å². The van der Waals surface area contributed by atoms with Crippen LogP contribution in [0.25, 0.3) is 0 Å². The van der Waals surface area contributed by atoms with Crippen LogP contribution >= 0.6 is 11.6 Å². The molecule has 0 unspecified atom stereocenters. The number of hydrogen-bond donors (Lipinski definition) is 2. The molecular formula is C31H40ClN3O5. The number of methoxy groups -OCH3 is 1. The van der Waals surface area contributed by atoms with Crippen molar-refractivity contribution in [2.45, 2.75) is 89.6 Å². The summed E-state index contributed by atoms with van der Waals surface area (Å²) in [5.41, 5.74) is 2.37. The molecule has 40 heavy (non-hydrogen) atoms. The molecule has 2 aliphatic heterocycles. The number of benzene rings is 1. The maximum absolute atomic E-state index is 14.0. The zero-order valence-electron chi connectivity index (χ0n) is 23.7. The summed E-state index contributed by atoms with van der Waals surface area (Å²) in [5, 5.41) is 14.8. The molecule has 1 aliphatic carbocycles. The fourth-order valence-corrected chi connectivity index (χ4v) is 6.97. The van der Waals surface area contributed by atoms with E-state index in [1.54, 1.807) is 18.1 Å². The van der Waals surface area contributed by atoms with E-state index in [1.165, 1.54) is 12.0 Å². The van der Waals surface area contributed by atoms with E-state index >= 15 is 0 Å². The Labute approximate surface area is 241 Å². The van der Waals surface area contributed by atoms with Gasteiger partial charge in [-0.25, -0.2) is 9.78 Å². The number of aliphatic carboxylic acids is 1. The van der Waals surface area contributed by atoms with Gasteiger partial charge in [-0.15, -0.1) is 0 Å². The Hall–Kier alpha value is -2.68. The molecule has 1 amide bonds. The van der Waals surface area contributed by atoms with Crippen molar-refractivity contribution in [3.8, 4) is 5.88 Å². The number of ether oxygens (including phenoxy) is 2. The number of nitrogens with one attached hydrogen (secondary N) is 1. The lowest BCUT2D eigenvalue weighted by Crippen LogP contribution is -2.50. The van der Waals surface area contributed by atoms with Crippen LogP contribution in [0.15, 0.2) is 36.5 Å². The van der Waals surface area contributed by atoms with E-state index in [1.807, 2.05) is 45.2 Å². The number of aromatic nitrogens is 1. The summed E-state index contributed by atoms with van der Waals surface area (Å²) in [7, 11) is 1.61. The number of hydrogen-bond acceptors (Lipinski definition) is 6. The Balaban J connectivity index is 1.58. The van der Waals surface area contributed by atoms with Crippen molar-refractivity contribution in [1.29, 1.82) is 0 Å². The molecule has 8 nitrogen and oxygen atoms in total. The van der Waals surface area contributed by atoms with Crippen LogP contribution in [0.1, 0.15) is 81.5 Å². The number of carbonyl (C=O) groups excluding carboxylic acids is 1. The molecule has 2 aromatic rings. The number of halogens is 1. The first-order valence-corrected chi connectivity index (χ1v) is 14.7. The molecule has 1 aromatic heterocycles. The van der Waals surface area contributed by atoms with Crippen LogP contribution < -0.4 is 10.1 Å². The minimum absolute atomic E-state index is 0.292. The van der Waals surface area contributed by atoms with Gasteiger partial charge in [0.15, 0.2) is 0 Å². The standard InChI is InChI=1S/C31H40ClN3O5/c1-31(2,3)24-25(33-17-20-15-19(18-9-7-10-18)16-34-28(20)39-4)26(21-11-5-6-12-22(21)32)35(27(24)30(37)38)29(36)23-13-8-14-40-23/h5-6,11-12,15-16,18,23-27,33H,7-10,13-14,17H2,1-4H3,(H,37,38)/t23-,24-,25-,26-,27-/m0/s1. The van der Waals surface area contributed by atoms with Crippen LogP contribution in [0, 0.1) is 11.3 Å². The lowest BCUT2D eigenvalue weighted by atomic mass is 9.72. The third-order valence-corrected chi connectivity index (χ3v) is 9.19. The number of carboxylic acids is 1. The molecule has 5 atom stereocenters. The molecule has 0 spiro atoms. The molecular weight excluding hydrogens is 530 g/mol. The first-order chi connectivity index (χ1) is 19.1. The van der Waals surface area contributed by atoms with E-state index in [0.29, 0.717) is 36.4 Å². The highest BCUT2D eigenvalue weighted by Crippen LogP contribution is 2.50. The Morgan fingerprint density at radius 1 is 1.20 bits per heavy atom. The van der Waals surface area contributed by atoms with Crippen molar-refractivity contribution in [2.24, 2.45) is 11.3 Å².